The summed E-state index contributed by atoms with van der Waals surface area (Å²) >= 11 is 1.55. The Kier molecular flexibility index (Phi) is 3.58. The Balaban J connectivity index is 1.95. The van der Waals surface area contributed by atoms with Gasteiger partial charge in [0.05, 0.1) is 16.9 Å². The second-order valence-corrected chi connectivity index (χ2v) is 4.17. The molecular weight excluding hydrogens is 225 g/mol. The van der Waals surface area contributed by atoms with Crippen molar-refractivity contribution < 1.29 is 4.39 Å². The first-order valence-electron chi connectivity index (χ1n) is 4.98. The zero-order valence-electron chi connectivity index (χ0n) is 8.85. The monoisotopic (exact) mass is 237 g/mol. The van der Waals surface area contributed by atoms with E-state index in [4.69, 9.17) is 0 Å². The molecule has 2 rings (SSSR count). The lowest BCUT2D eigenvalue weighted by Gasteiger charge is -2.11. The summed E-state index contributed by atoms with van der Waals surface area (Å²) < 4.78 is 13.3. The molecular formula is C11H12FN3S. The average Bonchev–Trinajstić information content (AvgIpc) is 2.81. The van der Waals surface area contributed by atoms with Crippen molar-refractivity contribution in [3.63, 3.8) is 0 Å². The molecule has 0 aliphatic carbocycles. The van der Waals surface area contributed by atoms with Gasteiger partial charge in [-0.15, -0.1) is 11.3 Å². The summed E-state index contributed by atoms with van der Waals surface area (Å²) in [6.07, 6.45) is 1.59. The number of halogens is 1. The maximum atomic E-state index is 13.3. The molecule has 0 bridgehead atoms. The van der Waals surface area contributed by atoms with Crippen molar-refractivity contribution in [2.75, 3.05) is 0 Å². The summed E-state index contributed by atoms with van der Waals surface area (Å²) in [6, 6.07) is 3.10. The largest absolute Gasteiger partial charge is 0.303 e. The Morgan fingerprint density at radius 2 is 2.38 bits per heavy atom. The Morgan fingerprint density at radius 3 is 3.06 bits per heavy atom. The topological polar surface area (TPSA) is 37.8 Å². The van der Waals surface area contributed by atoms with Crippen LogP contribution in [0.3, 0.4) is 0 Å². The van der Waals surface area contributed by atoms with Gasteiger partial charge in [-0.25, -0.2) is 9.37 Å². The number of nitrogens with one attached hydrogen (secondary N) is 1. The van der Waals surface area contributed by atoms with Gasteiger partial charge in [-0.1, -0.05) is 0 Å². The van der Waals surface area contributed by atoms with Crippen LogP contribution in [-0.4, -0.2) is 9.97 Å². The highest BCUT2D eigenvalue weighted by Crippen LogP contribution is 2.12. The molecule has 0 radical (unpaired) electrons. The van der Waals surface area contributed by atoms with Gasteiger partial charge in [-0.3, -0.25) is 4.98 Å². The van der Waals surface area contributed by atoms with Gasteiger partial charge < -0.3 is 5.32 Å². The van der Waals surface area contributed by atoms with Gasteiger partial charge in [-0.2, -0.15) is 0 Å². The molecule has 0 saturated carbocycles. The second-order valence-electron chi connectivity index (χ2n) is 3.45. The van der Waals surface area contributed by atoms with Gasteiger partial charge in [0.1, 0.15) is 5.82 Å². The SMILES string of the molecule is CC(NCc1ncccc1F)c1cscn1. The highest BCUT2D eigenvalue weighted by molar-refractivity contribution is 7.07. The summed E-state index contributed by atoms with van der Waals surface area (Å²) in [4.78, 5) is 8.17. The van der Waals surface area contributed by atoms with Gasteiger partial charge in [0.15, 0.2) is 0 Å². The van der Waals surface area contributed by atoms with Crippen LogP contribution in [0.15, 0.2) is 29.2 Å². The van der Waals surface area contributed by atoms with Gasteiger partial charge in [0.2, 0.25) is 0 Å². The number of thiazole rings is 1. The average molecular weight is 237 g/mol. The molecule has 1 N–H and O–H groups in total. The van der Waals surface area contributed by atoms with E-state index < -0.39 is 0 Å². The zero-order chi connectivity index (χ0) is 11.4. The van der Waals surface area contributed by atoms with E-state index in [1.54, 1.807) is 29.1 Å². The summed E-state index contributed by atoms with van der Waals surface area (Å²) in [5.41, 5.74) is 3.19. The van der Waals surface area contributed by atoms with Crippen LogP contribution in [-0.2, 0) is 6.54 Å². The minimum atomic E-state index is -0.277. The predicted molar refractivity (Wildman–Crippen MR) is 61.6 cm³/mol. The van der Waals surface area contributed by atoms with Crippen LogP contribution < -0.4 is 5.32 Å². The molecule has 0 aromatic carbocycles. The fourth-order valence-electron chi connectivity index (χ4n) is 1.34. The molecule has 0 aliphatic heterocycles. The highest BCUT2D eigenvalue weighted by atomic mass is 32.1. The summed E-state index contributed by atoms with van der Waals surface area (Å²) in [5.74, 6) is -0.277. The van der Waals surface area contributed by atoms with Crippen LogP contribution in [0.5, 0.6) is 0 Å². The van der Waals surface area contributed by atoms with Crippen LogP contribution in [0.2, 0.25) is 0 Å². The van der Waals surface area contributed by atoms with Crippen LogP contribution in [0.1, 0.15) is 24.4 Å². The van der Waals surface area contributed by atoms with Gasteiger partial charge >= 0.3 is 0 Å². The van der Waals surface area contributed by atoms with Crippen molar-refractivity contribution in [3.05, 3.63) is 46.4 Å². The van der Waals surface area contributed by atoms with E-state index in [9.17, 15) is 4.39 Å². The second kappa shape index (κ2) is 5.14. The third kappa shape index (κ3) is 2.62. The van der Waals surface area contributed by atoms with Crippen molar-refractivity contribution in [2.45, 2.75) is 19.5 Å². The van der Waals surface area contributed by atoms with E-state index in [1.165, 1.54) is 6.07 Å². The van der Waals surface area contributed by atoms with Crippen molar-refractivity contribution >= 4 is 11.3 Å². The molecule has 2 heterocycles. The predicted octanol–water partition coefficient (Wildman–Crippen LogP) is 2.53. The normalized spacial score (nSPS) is 12.6. The van der Waals surface area contributed by atoms with Crippen LogP contribution in [0.4, 0.5) is 4.39 Å². The first-order valence-corrected chi connectivity index (χ1v) is 5.92. The first kappa shape index (κ1) is 11.2. The van der Waals surface area contributed by atoms with Crippen molar-refractivity contribution in [1.29, 1.82) is 0 Å². The van der Waals surface area contributed by atoms with Crippen LogP contribution >= 0.6 is 11.3 Å². The smallest absolute Gasteiger partial charge is 0.146 e. The molecule has 2 aromatic rings. The molecule has 0 spiro atoms. The maximum Gasteiger partial charge on any atom is 0.146 e. The molecule has 16 heavy (non-hydrogen) atoms. The molecule has 2 aromatic heterocycles. The van der Waals surface area contributed by atoms with E-state index >= 15 is 0 Å². The van der Waals surface area contributed by atoms with Gasteiger partial charge in [0, 0.05) is 24.2 Å². The molecule has 84 valence electrons. The van der Waals surface area contributed by atoms with E-state index in [2.05, 4.69) is 15.3 Å². The lowest BCUT2D eigenvalue weighted by molar-refractivity contribution is 0.527. The highest BCUT2D eigenvalue weighted by Gasteiger charge is 2.08. The number of pyridine rings is 1. The van der Waals surface area contributed by atoms with Gasteiger partial charge in [-0.05, 0) is 19.1 Å². The number of hydrogen-bond donors (Lipinski definition) is 1. The molecule has 0 aliphatic rings. The van der Waals surface area contributed by atoms with E-state index in [0.717, 1.165) is 5.69 Å². The summed E-state index contributed by atoms with van der Waals surface area (Å²) in [5, 5.41) is 5.16. The Bertz CT molecular complexity index is 444. The minimum absolute atomic E-state index is 0.104. The molecule has 0 amide bonds. The first-order chi connectivity index (χ1) is 7.77. The van der Waals surface area contributed by atoms with E-state index in [0.29, 0.717) is 12.2 Å². The molecule has 5 heteroatoms. The third-order valence-corrected chi connectivity index (χ3v) is 2.91. The Labute approximate surface area is 97.4 Å². The van der Waals surface area contributed by atoms with E-state index in [1.807, 2.05) is 12.3 Å². The lowest BCUT2D eigenvalue weighted by Crippen LogP contribution is -2.19. The molecule has 1 unspecified atom stereocenters. The van der Waals surface area contributed by atoms with Crippen molar-refractivity contribution in [2.24, 2.45) is 0 Å². The standard InChI is InChI=1S/C11H12FN3S/c1-8(11-6-16-7-15-11)14-5-10-9(12)3-2-4-13-10/h2-4,6-8,14H,5H2,1H3. The third-order valence-electron chi connectivity index (χ3n) is 2.31. The molecule has 0 saturated heterocycles. The fraction of sp³-hybridized carbons (Fsp3) is 0.273. The zero-order valence-corrected chi connectivity index (χ0v) is 9.67. The minimum Gasteiger partial charge on any atom is -0.303 e. The molecule has 1 atom stereocenters. The van der Waals surface area contributed by atoms with Crippen molar-refractivity contribution in [1.82, 2.24) is 15.3 Å². The quantitative estimate of drug-likeness (QED) is 0.888. The summed E-state index contributed by atoms with van der Waals surface area (Å²) in [6.45, 7) is 2.40. The van der Waals surface area contributed by atoms with Crippen LogP contribution in [0.25, 0.3) is 0 Å². The summed E-state index contributed by atoms with van der Waals surface area (Å²) in [7, 11) is 0. The molecule has 0 fully saturated rings. The van der Waals surface area contributed by atoms with Crippen molar-refractivity contribution in [3.8, 4) is 0 Å². The van der Waals surface area contributed by atoms with Crippen LogP contribution in [0, 0.1) is 5.82 Å². The number of aromatic nitrogens is 2. The van der Waals surface area contributed by atoms with E-state index in [-0.39, 0.29) is 11.9 Å². The fourth-order valence-corrected chi connectivity index (χ4v) is 1.99. The van der Waals surface area contributed by atoms with Gasteiger partial charge in [0.25, 0.3) is 0 Å². The maximum absolute atomic E-state index is 13.3. The number of rotatable bonds is 4. The Morgan fingerprint density at radius 1 is 1.50 bits per heavy atom. The number of hydrogen-bond acceptors (Lipinski definition) is 4. The lowest BCUT2D eigenvalue weighted by atomic mass is 10.2. The molecule has 3 nitrogen and oxygen atoms in total. The number of nitrogens with zero attached hydrogens (tertiary/aromatic N) is 2. The Hall–Kier alpha value is -1.33.